The Kier molecular flexibility index (Phi) is 10.7. The van der Waals surface area contributed by atoms with Crippen molar-refractivity contribution < 1.29 is 49.0 Å². The zero-order valence-corrected chi connectivity index (χ0v) is 24.9. The van der Waals surface area contributed by atoms with Crippen LogP contribution in [0.3, 0.4) is 0 Å². The minimum atomic E-state index is -5.10. The van der Waals surface area contributed by atoms with E-state index < -0.39 is 41.3 Å². The van der Waals surface area contributed by atoms with E-state index in [-0.39, 0.29) is 35.4 Å². The van der Waals surface area contributed by atoms with E-state index in [2.05, 4.69) is 9.97 Å². The molecule has 1 aliphatic heterocycles. The van der Waals surface area contributed by atoms with Gasteiger partial charge in [0.1, 0.15) is 0 Å². The first-order valence-corrected chi connectivity index (χ1v) is 15.0. The third-order valence-corrected chi connectivity index (χ3v) is 7.66. The van der Waals surface area contributed by atoms with Gasteiger partial charge in [-0.1, -0.05) is 0 Å². The number of rotatable bonds is 10. The molecule has 2 aromatic carbocycles. The number of morpholine rings is 1. The standard InChI is InChI=1S/C29H29F9N4O2S/c1-18(19-11-22(28(33,34)35)14-23(12-19)29(36,37)38)42(26-39-15-24(16-40-26)44-9-10-45-2)17-20-13-21(27(30,31)32)3-4-25(20)41-5-7-43-8-6-41/h3-4,11-16,18H,5-10,17H2,1-2H3. The molecule has 246 valence electrons. The fourth-order valence-electron chi connectivity index (χ4n) is 4.74. The summed E-state index contributed by atoms with van der Waals surface area (Å²) in [4.78, 5) is 11.5. The van der Waals surface area contributed by atoms with Gasteiger partial charge in [0.2, 0.25) is 5.95 Å². The number of aromatic nitrogens is 2. The van der Waals surface area contributed by atoms with Crippen LogP contribution in [-0.2, 0) is 29.8 Å². The highest BCUT2D eigenvalue weighted by Gasteiger charge is 2.38. The first-order valence-electron chi connectivity index (χ1n) is 13.6. The molecule has 1 atom stereocenters. The minimum Gasteiger partial charge on any atom is -0.489 e. The minimum absolute atomic E-state index is 0.0150. The van der Waals surface area contributed by atoms with Crippen molar-refractivity contribution in [3.8, 4) is 5.75 Å². The molecule has 45 heavy (non-hydrogen) atoms. The van der Waals surface area contributed by atoms with Crippen molar-refractivity contribution in [2.45, 2.75) is 38.0 Å². The molecule has 0 spiro atoms. The Morgan fingerprint density at radius 2 is 1.44 bits per heavy atom. The second-order valence-corrected chi connectivity index (χ2v) is 11.1. The van der Waals surface area contributed by atoms with Gasteiger partial charge in [-0.25, -0.2) is 9.97 Å². The van der Waals surface area contributed by atoms with Crippen molar-refractivity contribution in [1.29, 1.82) is 0 Å². The smallest absolute Gasteiger partial charge is 0.416 e. The lowest BCUT2D eigenvalue weighted by Gasteiger charge is -2.34. The third kappa shape index (κ3) is 8.87. The largest absolute Gasteiger partial charge is 0.489 e. The summed E-state index contributed by atoms with van der Waals surface area (Å²) in [7, 11) is 0. The van der Waals surface area contributed by atoms with Crippen molar-refractivity contribution in [2.24, 2.45) is 0 Å². The quantitative estimate of drug-likeness (QED) is 0.161. The normalized spacial score (nSPS) is 15.2. The molecule has 1 fully saturated rings. The number of ether oxygens (including phenoxy) is 2. The summed E-state index contributed by atoms with van der Waals surface area (Å²) >= 11 is 1.53. The van der Waals surface area contributed by atoms with Crippen LogP contribution in [0.1, 0.15) is 40.8 Å². The van der Waals surface area contributed by atoms with Crippen molar-refractivity contribution in [3.05, 3.63) is 76.6 Å². The first-order chi connectivity index (χ1) is 21.1. The third-order valence-electron chi connectivity index (χ3n) is 7.09. The van der Waals surface area contributed by atoms with Gasteiger partial charge in [0.15, 0.2) is 5.75 Å². The number of benzene rings is 2. The Labute approximate surface area is 257 Å². The number of hydrogen-bond acceptors (Lipinski definition) is 7. The fraction of sp³-hybridized carbons (Fsp3) is 0.448. The van der Waals surface area contributed by atoms with Crippen molar-refractivity contribution in [1.82, 2.24) is 9.97 Å². The van der Waals surface area contributed by atoms with Gasteiger partial charge in [-0.3, -0.25) is 0 Å². The molecule has 0 amide bonds. The highest BCUT2D eigenvalue weighted by molar-refractivity contribution is 7.98. The molecular weight excluding hydrogens is 639 g/mol. The second kappa shape index (κ2) is 13.9. The molecule has 4 rings (SSSR count). The maximum atomic E-state index is 13.8. The van der Waals surface area contributed by atoms with Crippen LogP contribution in [0.25, 0.3) is 0 Å². The Balaban J connectivity index is 1.84. The summed E-state index contributed by atoms with van der Waals surface area (Å²) in [6.45, 7) is 2.61. The molecule has 0 bridgehead atoms. The predicted octanol–water partition coefficient (Wildman–Crippen LogP) is 7.88. The van der Waals surface area contributed by atoms with Crippen LogP contribution in [0.15, 0.2) is 48.8 Å². The molecule has 0 aliphatic carbocycles. The van der Waals surface area contributed by atoms with Gasteiger partial charge in [-0.05, 0) is 60.7 Å². The molecule has 6 nitrogen and oxygen atoms in total. The Bertz CT molecular complexity index is 1390. The summed E-state index contributed by atoms with van der Waals surface area (Å²) in [5.74, 6) is 0.768. The molecule has 3 aromatic rings. The summed E-state index contributed by atoms with van der Waals surface area (Å²) in [6.07, 6.45) is -10.5. The maximum Gasteiger partial charge on any atom is 0.416 e. The molecular formula is C29H29F9N4O2S. The number of alkyl halides is 9. The first kappa shape index (κ1) is 34.5. The topological polar surface area (TPSA) is 50.7 Å². The average Bonchev–Trinajstić information content (AvgIpc) is 2.99. The second-order valence-electron chi connectivity index (χ2n) is 10.1. The van der Waals surface area contributed by atoms with Crippen LogP contribution in [0.2, 0.25) is 0 Å². The maximum absolute atomic E-state index is 13.8. The van der Waals surface area contributed by atoms with E-state index in [4.69, 9.17) is 9.47 Å². The van der Waals surface area contributed by atoms with E-state index in [9.17, 15) is 39.5 Å². The number of thioether (sulfide) groups is 1. The Morgan fingerprint density at radius 3 is 1.98 bits per heavy atom. The predicted molar refractivity (Wildman–Crippen MR) is 151 cm³/mol. The molecule has 2 heterocycles. The summed E-state index contributed by atoms with van der Waals surface area (Å²) in [5.41, 5.74) is -3.89. The lowest BCUT2D eigenvalue weighted by atomic mass is 9.98. The number of nitrogens with zero attached hydrogens (tertiary/aromatic N) is 4. The number of hydrogen-bond donors (Lipinski definition) is 0. The Hall–Kier alpha value is -3.40. The molecule has 1 unspecified atom stereocenters. The van der Waals surface area contributed by atoms with Crippen LogP contribution < -0.4 is 14.5 Å². The zero-order chi connectivity index (χ0) is 33.0. The van der Waals surface area contributed by atoms with Gasteiger partial charge >= 0.3 is 18.5 Å². The lowest BCUT2D eigenvalue weighted by molar-refractivity contribution is -0.143. The van der Waals surface area contributed by atoms with Crippen LogP contribution >= 0.6 is 11.8 Å². The highest BCUT2D eigenvalue weighted by atomic mass is 32.2. The Morgan fingerprint density at radius 1 is 0.867 bits per heavy atom. The van der Waals surface area contributed by atoms with Crippen LogP contribution in [0.4, 0.5) is 51.1 Å². The van der Waals surface area contributed by atoms with E-state index in [1.54, 1.807) is 4.90 Å². The van der Waals surface area contributed by atoms with E-state index in [1.165, 1.54) is 42.0 Å². The van der Waals surface area contributed by atoms with Gasteiger partial charge in [0, 0.05) is 31.1 Å². The highest BCUT2D eigenvalue weighted by Crippen LogP contribution is 2.40. The van der Waals surface area contributed by atoms with E-state index in [0.29, 0.717) is 56.5 Å². The van der Waals surface area contributed by atoms with Gasteiger partial charge in [0.25, 0.3) is 0 Å². The summed E-state index contributed by atoms with van der Waals surface area (Å²) in [6, 6.07) is 3.05. The van der Waals surface area contributed by atoms with Crippen molar-refractivity contribution >= 4 is 23.4 Å². The zero-order valence-electron chi connectivity index (χ0n) is 24.1. The van der Waals surface area contributed by atoms with Gasteiger partial charge in [0.05, 0.1) is 54.9 Å². The van der Waals surface area contributed by atoms with E-state index in [1.807, 2.05) is 6.26 Å². The van der Waals surface area contributed by atoms with Crippen LogP contribution in [-0.4, -0.2) is 54.9 Å². The fourth-order valence-corrected chi connectivity index (χ4v) is 4.99. The monoisotopic (exact) mass is 668 g/mol. The van der Waals surface area contributed by atoms with Crippen LogP contribution in [0.5, 0.6) is 5.75 Å². The van der Waals surface area contributed by atoms with Crippen molar-refractivity contribution in [3.63, 3.8) is 0 Å². The molecule has 1 aliphatic rings. The molecule has 0 radical (unpaired) electrons. The van der Waals surface area contributed by atoms with E-state index >= 15 is 0 Å². The number of halogens is 9. The van der Waals surface area contributed by atoms with Crippen molar-refractivity contribution in [2.75, 3.05) is 54.7 Å². The average molecular weight is 669 g/mol. The molecule has 16 heteroatoms. The molecule has 0 saturated carbocycles. The van der Waals surface area contributed by atoms with E-state index in [0.717, 1.165) is 12.1 Å². The summed E-state index contributed by atoms with van der Waals surface area (Å²) in [5, 5.41) is 0. The summed E-state index contributed by atoms with van der Waals surface area (Å²) < 4.78 is 135. The number of anilines is 2. The van der Waals surface area contributed by atoms with Crippen LogP contribution in [0, 0.1) is 0 Å². The van der Waals surface area contributed by atoms with Gasteiger partial charge in [-0.2, -0.15) is 51.3 Å². The lowest BCUT2D eigenvalue weighted by Crippen LogP contribution is -2.37. The molecule has 0 N–H and O–H groups in total. The SMILES string of the molecule is CSCCOc1cnc(N(Cc2cc(C(F)(F)F)ccc2N2CCOCC2)C(C)c2cc(C(F)(F)F)cc(C(F)(F)F)c2)nc1. The molecule has 1 saturated heterocycles. The van der Waals surface area contributed by atoms with Gasteiger partial charge < -0.3 is 19.3 Å². The molecule has 1 aromatic heterocycles. The van der Waals surface area contributed by atoms with Gasteiger partial charge in [-0.15, -0.1) is 0 Å².